The number of thiophene rings is 1. The quantitative estimate of drug-likeness (QED) is 0.661. The highest BCUT2D eigenvalue weighted by Crippen LogP contribution is 2.20. The monoisotopic (exact) mass is 349 g/mol. The number of anilines is 1. The van der Waals surface area contributed by atoms with Crippen molar-refractivity contribution in [1.29, 1.82) is 0 Å². The highest BCUT2D eigenvalue weighted by Gasteiger charge is 2.22. The first-order chi connectivity index (χ1) is 11.2. The second-order valence-electron chi connectivity index (χ2n) is 5.43. The zero-order valence-corrected chi connectivity index (χ0v) is 15.0. The van der Waals surface area contributed by atoms with Crippen LogP contribution in [0, 0.1) is 13.8 Å². The summed E-state index contributed by atoms with van der Waals surface area (Å²) in [5.41, 5.74) is 2.11. The zero-order chi connectivity index (χ0) is 18.0. The molecule has 1 atom stereocenters. The molecule has 24 heavy (non-hydrogen) atoms. The van der Waals surface area contributed by atoms with E-state index in [4.69, 9.17) is 4.74 Å². The van der Waals surface area contributed by atoms with Crippen LogP contribution in [0.4, 0.5) is 5.69 Å². The molecule has 1 unspecified atom stereocenters. The molecule has 0 aliphatic heterocycles. The third kappa shape index (κ3) is 3.70. The lowest BCUT2D eigenvalue weighted by atomic mass is 10.3. The molecule has 128 valence electrons. The van der Waals surface area contributed by atoms with Gasteiger partial charge in [-0.2, -0.15) is 5.10 Å². The second kappa shape index (κ2) is 6.96. The SMILES string of the molecule is CC(=O)c1ccc(C(=O)OC(C)C(=O)Nc2c(C)nn(C)c2C)s1. The van der Waals surface area contributed by atoms with Crippen LogP contribution in [-0.2, 0) is 16.6 Å². The number of aromatic nitrogens is 2. The molecule has 0 saturated carbocycles. The summed E-state index contributed by atoms with van der Waals surface area (Å²) in [6.07, 6.45) is -0.973. The van der Waals surface area contributed by atoms with Crippen LogP contribution in [0.3, 0.4) is 0 Å². The first-order valence-corrected chi connectivity index (χ1v) is 8.15. The Bertz CT molecular complexity index is 806. The van der Waals surface area contributed by atoms with Crippen molar-refractivity contribution in [2.45, 2.75) is 33.8 Å². The fraction of sp³-hybridized carbons (Fsp3) is 0.375. The molecular weight excluding hydrogens is 330 g/mol. The van der Waals surface area contributed by atoms with E-state index in [1.54, 1.807) is 24.7 Å². The van der Waals surface area contributed by atoms with Crippen molar-refractivity contribution in [2.24, 2.45) is 7.05 Å². The third-order valence-corrected chi connectivity index (χ3v) is 4.73. The van der Waals surface area contributed by atoms with Crippen molar-refractivity contribution in [3.05, 3.63) is 33.3 Å². The Morgan fingerprint density at radius 2 is 1.88 bits per heavy atom. The summed E-state index contributed by atoms with van der Waals surface area (Å²) in [6, 6.07) is 3.08. The van der Waals surface area contributed by atoms with E-state index in [1.807, 2.05) is 6.92 Å². The van der Waals surface area contributed by atoms with Gasteiger partial charge in [-0.05, 0) is 39.8 Å². The minimum atomic E-state index is -0.973. The molecule has 2 rings (SSSR count). The average molecular weight is 349 g/mol. The van der Waals surface area contributed by atoms with Crippen LogP contribution in [0.5, 0.6) is 0 Å². The topological polar surface area (TPSA) is 90.3 Å². The number of aryl methyl sites for hydroxylation is 2. The maximum atomic E-state index is 12.2. The van der Waals surface area contributed by atoms with E-state index in [-0.39, 0.29) is 10.7 Å². The lowest BCUT2D eigenvalue weighted by molar-refractivity contribution is -0.123. The van der Waals surface area contributed by atoms with Gasteiger partial charge in [-0.25, -0.2) is 4.79 Å². The van der Waals surface area contributed by atoms with Crippen LogP contribution in [0.2, 0.25) is 0 Å². The smallest absolute Gasteiger partial charge is 0.349 e. The van der Waals surface area contributed by atoms with Crippen molar-refractivity contribution in [3.8, 4) is 0 Å². The number of nitrogens with zero attached hydrogens (tertiary/aromatic N) is 2. The van der Waals surface area contributed by atoms with E-state index in [9.17, 15) is 14.4 Å². The number of ketones is 1. The van der Waals surface area contributed by atoms with Gasteiger partial charge in [0.2, 0.25) is 0 Å². The zero-order valence-electron chi connectivity index (χ0n) is 14.2. The highest BCUT2D eigenvalue weighted by molar-refractivity contribution is 7.15. The second-order valence-corrected chi connectivity index (χ2v) is 6.51. The molecule has 0 radical (unpaired) electrons. The van der Waals surface area contributed by atoms with Crippen molar-refractivity contribution < 1.29 is 19.1 Å². The van der Waals surface area contributed by atoms with Crippen LogP contribution in [0.1, 0.15) is 44.6 Å². The molecule has 0 saturated heterocycles. The number of hydrogen-bond donors (Lipinski definition) is 1. The third-order valence-electron chi connectivity index (χ3n) is 3.56. The number of hydrogen-bond acceptors (Lipinski definition) is 6. The van der Waals surface area contributed by atoms with E-state index >= 15 is 0 Å². The van der Waals surface area contributed by atoms with Gasteiger partial charge in [-0.1, -0.05) is 0 Å². The normalized spacial score (nSPS) is 11.9. The summed E-state index contributed by atoms with van der Waals surface area (Å²) in [7, 11) is 1.78. The molecule has 0 bridgehead atoms. The largest absolute Gasteiger partial charge is 0.448 e. The Kier molecular flexibility index (Phi) is 5.18. The molecule has 8 heteroatoms. The molecule has 2 aromatic heterocycles. The number of esters is 1. The molecule has 2 heterocycles. The van der Waals surface area contributed by atoms with Gasteiger partial charge in [0.25, 0.3) is 5.91 Å². The van der Waals surface area contributed by atoms with Crippen LogP contribution in [0.15, 0.2) is 12.1 Å². The van der Waals surface area contributed by atoms with Gasteiger partial charge >= 0.3 is 5.97 Å². The van der Waals surface area contributed by atoms with Crippen molar-refractivity contribution >= 4 is 34.7 Å². The fourth-order valence-corrected chi connectivity index (χ4v) is 2.87. The van der Waals surface area contributed by atoms with E-state index in [0.29, 0.717) is 16.3 Å². The predicted octanol–water partition coefficient (Wildman–Crippen LogP) is 2.49. The van der Waals surface area contributed by atoms with Gasteiger partial charge in [0, 0.05) is 7.05 Å². The number of Topliss-reactive ketones (excluding diaryl/α,β-unsaturated/α-hetero) is 1. The molecule has 2 aromatic rings. The van der Waals surface area contributed by atoms with Crippen molar-refractivity contribution in [2.75, 3.05) is 5.32 Å². The van der Waals surface area contributed by atoms with E-state index in [1.165, 1.54) is 19.9 Å². The standard InChI is InChI=1S/C16H19N3O4S/c1-8-14(9(2)19(5)18-8)17-15(21)11(4)23-16(22)13-7-6-12(24-13)10(3)20/h6-7,11H,1-5H3,(H,17,21). The number of carbonyl (C=O) groups excluding carboxylic acids is 3. The van der Waals surface area contributed by atoms with E-state index in [2.05, 4.69) is 10.4 Å². The van der Waals surface area contributed by atoms with Crippen LogP contribution >= 0.6 is 11.3 Å². The first-order valence-electron chi connectivity index (χ1n) is 7.33. The lowest BCUT2D eigenvalue weighted by Gasteiger charge is -2.13. The summed E-state index contributed by atoms with van der Waals surface area (Å²) in [6.45, 7) is 6.54. The Hall–Kier alpha value is -2.48. The highest BCUT2D eigenvalue weighted by atomic mass is 32.1. The van der Waals surface area contributed by atoms with Crippen molar-refractivity contribution in [1.82, 2.24) is 9.78 Å². The van der Waals surface area contributed by atoms with Crippen LogP contribution in [-0.4, -0.2) is 33.5 Å². The minimum Gasteiger partial charge on any atom is -0.448 e. The Balaban J connectivity index is 2.02. The van der Waals surface area contributed by atoms with Crippen LogP contribution < -0.4 is 5.32 Å². The number of amides is 1. The maximum Gasteiger partial charge on any atom is 0.349 e. The van der Waals surface area contributed by atoms with Crippen molar-refractivity contribution in [3.63, 3.8) is 0 Å². The molecule has 1 N–H and O–H groups in total. The van der Waals surface area contributed by atoms with E-state index in [0.717, 1.165) is 17.0 Å². The average Bonchev–Trinajstić information content (AvgIpc) is 3.08. The predicted molar refractivity (Wildman–Crippen MR) is 90.5 cm³/mol. The lowest BCUT2D eigenvalue weighted by Crippen LogP contribution is -2.30. The minimum absolute atomic E-state index is 0.118. The first kappa shape index (κ1) is 17.9. The maximum absolute atomic E-state index is 12.2. The summed E-state index contributed by atoms with van der Waals surface area (Å²) in [5.74, 6) is -1.19. The molecule has 0 aliphatic carbocycles. The Labute approximate surface area is 143 Å². The summed E-state index contributed by atoms with van der Waals surface area (Å²) < 4.78 is 6.83. The van der Waals surface area contributed by atoms with Gasteiger partial charge < -0.3 is 10.1 Å². The van der Waals surface area contributed by atoms with Gasteiger partial charge in [0.05, 0.1) is 22.0 Å². The summed E-state index contributed by atoms with van der Waals surface area (Å²) in [4.78, 5) is 36.3. The number of ether oxygens (including phenoxy) is 1. The Morgan fingerprint density at radius 3 is 2.38 bits per heavy atom. The molecule has 0 aromatic carbocycles. The van der Waals surface area contributed by atoms with Gasteiger partial charge in [-0.3, -0.25) is 14.3 Å². The van der Waals surface area contributed by atoms with Gasteiger partial charge in [-0.15, -0.1) is 11.3 Å². The summed E-state index contributed by atoms with van der Waals surface area (Å²) >= 11 is 1.05. The summed E-state index contributed by atoms with van der Waals surface area (Å²) in [5, 5.41) is 6.94. The molecule has 0 aliphatic rings. The van der Waals surface area contributed by atoms with Gasteiger partial charge in [0.15, 0.2) is 11.9 Å². The number of rotatable bonds is 5. The fourth-order valence-electron chi connectivity index (χ4n) is 2.09. The number of carbonyl (C=O) groups is 3. The van der Waals surface area contributed by atoms with Crippen LogP contribution in [0.25, 0.3) is 0 Å². The Morgan fingerprint density at radius 1 is 1.25 bits per heavy atom. The van der Waals surface area contributed by atoms with Gasteiger partial charge in [0.1, 0.15) is 4.88 Å². The molecule has 0 spiro atoms. The molecule has 0 fully saturated rings. The number of nitrogens with one attached hydrogen (secondary N) is 1. The molecule has 1 amide bonds. The molecular formula is C16H19N3O4S. The molecule has 7 nitrogen and oxygen atoms in total. The van der Waals surface area contributed by atoms with E-state index < -0.39 is 18.0 Å².